The Morgan fingerprint density at radius 1 is 1.40 bits per heavy atom. The molecule has 4 heteroatoms. The first-order chi connectivity index (χ1) is 7.40. The van der Waals surface area contributed by atoms with E-state index in [1.54, 1.807) is 6.20 Å². The molecule has 1 fully saturated rings. The number of nitrogens with zero attached hydrogens (tertiary/aromatic N) is 2. The summed E-state index contributed by atoms with van der Waals surface area (Å²) in [6.45, 7) is 3.53. The number of pyridine rings is 1. The molecular weight excluding hydrogens is 192 g/mol. The van der Waals surface area contributed by atoms with Crippen LogP contribution in [0.4, 0.5) is 5.69 Å². The largest absolute Gasteiger partial charge is 0.390 e. The van der Waals surface area contributed by atoms with Gasteiger partial charge in [0.25, 0.3) is 0 Å². The zero-order valence-corrected chi connectivity index (χ0v) is 8.72. The summed E-state index contributed by atoms with van der Waals surface area (Å²) in [5.74, 6) is 0. The molecule has 0 unspecified atom stereocenters. The van der Waals surface area contributed by atoms with Crippen molar-refractivity contribution in [3.63, 3.8) is 0 Å². The van der Waals surface area contributed by atoms with E-state index in [-0.39, 0.29) is 6.61 Å². The van der Waals surface area contributed by atoms with E-state index in [1.807, 2.05) is 12.1 Å². The average Bonchev–Trinajstić information content (AvgIpc) is 2.58. The molecule has 15 heavy (non-hydrogen) atoms. The van der Waals surface area contributed by atoms with Crippen LogP contribution in [0.2, 0.25) is 0 Å². The summed E-state index contributed by atoms with van der Waals surface area (Å²) in [4.78, 5) is 6.34. The quantitative estimate of drug-likeness (QED) is 0.781. The van der Waals surface area contributed by atoms with Crippen molar-refractivity contribution in [2.24, 2.45) is 0 Å². The SMILES string of the molecule is OCc1cc(N2CCCOCC2)ccn1. The first-order valence-electron chi connectivity index (χ1n) is 5.28. The van der Waals surface area contributed by atoms with Crippen LogP contribution in [0.15, 0.2) is 18.3 Å². The van der Waals surface area contributed by atoms with E-state index in [4.69, 9.17) is 9.84 Å². The minimum absolute atomic E-state index is 0.00181. The highest BCUT2D eigenvalue weighted by Crippen LogP contribution is 2.16. The van der Waals surface area contributed by atoms with Gasteiger partial charge in [0.15, 0.2) is 0 Å². The van der Waals surface area contributed by atoms with Crippen molar-refractivity contribution in [2.75, 3.05) is 31.2 Å². The van der Waals surface area contributed by atoms with E-state index >= 15 is 0 Å². The Morgan fingerprint density at radius 2 is 2.33 bits per heavy atom. The highest BCUT2D eigenvalue weighted by molar-refractivity contribution is 5.46. The lowest BCUT2D eigenvalue weighted by atomic mass is 10.3. The number of aliphatic hydroxyl groups is 1. The molecule has 1 aliphatic heterocycles. The molecule has 0 amide bonds. The Hall–Kier alpha value is -1.13. The predicted octanol–water partition coefficient (Wildman–Crippen LogP) is 0.801. The van der Waals surface area contributed by atoms with Gasteiger partial charge >= 0.3 is 0 Å². The Bertz CT molecular complexity index is 309. The van der Waals surface area contributed by atoms with Gasteiger partial charge in [0.2, 0.25) is 0 Å². The van der Waals surface area contributed by atoms with Crippen molar-refractivity contribution in [3.8, 4) is 0 Å². The molecule has 4 nitrogen and oxygen atoms in total. The molecule has 0 spiro atoms. The third kappa shape index (κ3) is 2.67. The van der Waals surface area contributed by atoms with Crippen molar-refractivity contribution in [3.05, 3.63) is 24.0 Å². The van der Waals surface area contributed by atoms with Crippen LogP contribution in [0, 0.1) is 0 Å². The molecule has 0 aliphatic carbocycles. The van der Waals surface area contributed by atoms with Crippen LogP contribution >= 0.6 is 0 Å². The van der Waals surface area contributed by atoms with E-state index in [0.29, 0.717) is 0 Å². The Kier molecular flexibility index (Phi) is 3.53. The molecule has 0 aromatic carbocycles. The second-order valence-electron chi connectivity index (χ2n) is 3.62. The molecule has 0 saturated carbocycles. The Balaban J connectivity index is 2.12. The van der Waals surface area contributed by atoms with Gasteiger partial charge in [-0.1, -0.05) is 0 Å². The number of rotatable bonds is 2. The number of aliphatic hydroxyl groups excluding tert-OH is 1. The average molecular weight is 208 g/mol. The summed E-state index contributed by atoms with van der Waals surface area (Å²) < 4.78 is 5.40. The lowest BCUT2D eigenvalue weighted by Crippen LogP contribution is -2.25. The molecule has 1 aromatic rings. The van der Waals surface area contributed by atoms with Crippen LogP contribution < -0.4 is 4.90 Å². The predicted molar refractivity (Wildman–Crippen MR) is 57.8 cm³/mol. The fraction of sp³-hybridized carbons (Fsp3) is 0.545. The van der Waals surface area contributed by atoms with Crippen LogP contribution in [0.5, 0.6) is 0 Å². The molecule has 0 bridgehead atoms. The van der Waals surface area contributed by atoms with Gasteiger partial charge in [-0.3, -0.25) is 4.98 Å². The van der Waals surface area contributed by atoms with E-state index in [0.717, 1.165) is 44.1 Å². The normalized spacial score (nSPS) is 17.5. The Morgan fingerprint density at radius 3 is 3.20 bits per heavy atom. The van der Waals surface area contributed by atoms with Crippen molar-refractivity contribution >= 4 is 5.69 Å². The second-order valence-corrected chi connectivity index (χ2v) is 3.62. The van der Waals surface area contributed by atoms with Crippen LogP contribution in [0.25, 0.3) is 0 Å². The van der Waals surface area contributed by atoms with E-state index in [9.17, 15) is 0 Å². The summed E-state index contributed by atoms with van der Waals surface area (Å²) in [5, 5.41) is 9.01. The lowest BCUT2D eigenvalue weighted by Gasteiger charge is -2.21. The fourth-order valence-corrected chi connectivity index (χ4v) is 1.75. The van der Waals surface area contributed by atoms with Crippen LogP contribution in [0.3, 0.4) is 0 Å². The highest BCUT2D eigenvalue weighted by atomic mass is 16.5. The Labute approximate surface area is 89.5 Å². The minimum Gasteiger partial charge on any atom is -0.390 e. The number of ether oxygens (including phenoxy) is 1. The zero-order chi connectivity index (χ0) is 10.5. The van der Waals surface area contributed by atoms with Crippen molar-refractivity contribution < 1.29 is 9.84 Å². The highest BCUT2D eigenvalue weighted by Gasteiger charge is 2.10. The molecule has 2 heterocycles. The van der Waals surface area contributed by atoms with Crippen LogP contribution in [0.1, 0.15) is 12.1 Å². The number of hydrogen-bond acceptors (Lipinski definition) is 4. The topological polar surface area (TPSA) is 45.6 Å². The lowest BCUT2D eigenvalue weighted by molar-refractivity contribution is 0.152. The molecular formula is C11H16N2O2. The van der Waals surface area contributed by atoms with Crippen molar-refractivity contribution in [1.82, 2.24) is 4.98 Å². The minimum atomic E-state index is -0.00181. The monoisotopic (exact) mass is 208 g/mol. The summed E-state index contributed by atoms with van der Waals surface area (Å²) in [5.41, 5.74) is 1.84. The van der Waals surface area contributed by atoms with E-state index in [2.05, 4.69) is 9.88 Å². The van der Waals surface area contributed by atoms with Gasteiger partial charge in [-0.25, -0.2) is 0 Å². The van der Waals surface area contributed by atoms with Crippen molar-refractivity contribution in [2.45, 2.75) is 13.0 Å². The molecule has 1 N–H and O–H groups in total. The first kappa shape index (κ1) is 10.4. The van der Waals surface area contributed by atoms with Crippen LogP contribution in [-0.4, -0.2) is 36.4 Å². The van der Waals surface area contributed by atoms with Gasteiger partial charge in [0, 0.05) is 31.6 Å². The van der Waals surface area contributed by atoms with Gasteiger partial charge in [-0.05, 0) is 18.6 Å². The van der Waals surface area contributed by atoms with Gasteiger partial charge in [-0.15, -0.1) is 0 Å². The number of aromatic nitrogens is 1. The summed E-state index contributed by atoms with van der Waals surface area (Å²) >= 11 is 0. The summed E-state index contributed by atoms with van der Waals surface area (Å²) in [6.07, 6.45) is 2.80. The van der Waals surface area contributed by atoms with E-state index in [1.165, 1.54) is 0 Å². The van der Waals surface area contributed by atoms with Gasteiger partial charge in [-0.2, -0.15) is 0 Å². The molecule has 1 saturated heterocycles. The molecule has 1 aromatic heterocycles. The third-order valence-electron chi connectivity index (χ3n) is 2.55. The summed E-state index contributed by atoms with van der Waals surface area (Å²) in [6, 6.07) is 3.91. The maximum Gasteiger partial charge on any atom is 0.0853 e. The van der Waals surface area contributed by atoms with Crippen molar-refractivity contribution in [1.29, 1.82) is 0 Å². The molecule has 0 radical (unpaired) electrons. The fourth-order valence-electron chi connectivity index (χ4n) is 1.75. The third-order valence-corrected chi connectivity index (χ3v) is 2.55. The second kappa shape index (κ2) is 5.09. The molecule has 82 valence electrons. The number of hydrogen-bond donors (Lipinski definition) is 1. The molecule has 2 rings (SSSR count). The maximum absolute atomic E-state index is 9.01. The maximum atomic E-state index is 9.01. The van der Waals surface area contributed by atoms with E-state index < -0.39 is 0 Å². The smallest absolute Gasteiger partial charge is 0.0853 e. The summed E-state index contributed by atoms with van der Waals surface area (Å²) in [7, 11) is 0. The van der Waals surface area contributed by atoms with Gasteiger partial charge in [0.05, 0.1) is 18.9 Å². The standard InChI is InChI=1S/C11H16N2O2/c14-9-10-8-11(2-3-12-10)13-4-1-6-15-7-5-13/h2-3,8,14H,1,4-7,9H2. The first-order valence-corrected chi connectivity index (χ1v) is 5.28. The molecule has 0 atom stereocenters. The molecule has 1 aliphatic rings. The van der Waals surface area contributed by atoms with Gasteiger partial charge < -0.3 is 14.7 Å². The number of anilines is 1. The van der Waals surface area contributed by atoms with Gasteiger partial charge in [0.1, 0.15) is 0 Å². The zero-order valence-electron chi connectivity index (χ0n) is 8.72. The van der Waals surface area contributed by atoms with Crippen LogP contribution in [-0.2, 0) is 11.3 Å².